The normalized spacial score (nSPS) is 14.2. The second kappa shape index (κ2) is 6.24. The molecule has 0 atom stereocenters. The van der Waals surface area contributed by atoms with Gasteiger partial charge in [0, 0.05) is 19.2 Å². The Morgan fingerprint density at radius 1 is 1.21 bits per heavy atom. The van der Waals surface area contributed by atoms with Crippen LogP contribution in [0.4, 0.5) is 15.8 Å². The number of halogens is 1. The van der Waals surface area contributed by atoms with Crippen LogP contribution in [-0.2, 0) is 21.2 Å². The molecule has 5 nitrogen and oxygen atoms in total. The lowest BCUT2D eigenvalue weighted by Gasteiger charge is -2.28. The van der Waals surface area contributed by atoms with Gasteiger partial charge in [-0.25, -0.2) is 12.8 Å². The molecular weight excluding hydrogens is 331 g/mol. The standard InChI is InChI=1S/C17H17FN2O3S/c1-12(21)20-9-3-4-13-10-16(7-8-17(13)20)24(22,23)19-15-6-2-5-14(18)11-15/h2,5-8,10-11,19H,3-4,9H2,1H3. The molecule has 7 heteroatoms. The summed E-state index contributed by atoms with van der Waals surface area (Å²) in [6, 6.07) is 9.96. The molecule has 126 valence electrons. The number of nitrogens with one attached hydrogen (secondary N) is 1. The third-order valence-electron chi connectivity index (χ3n) is 3.94. The van der Waals surface area contributed by atoms with Crippen molar-refractivity contribution in [3.05, 3.63) is 53.8 Å². The van der Waals surface area contributed by atoms with Crippen molar-refractivity contribution in [1.82, 2.24) is 0 Å². The molecule has 2 aromatic rings. The second-order valence-corrected chi connectivity index (χ2v) is 7.36. The highest BCUT2D eigenvalue weighted by molar-refractivity contribution is 7.92. The number of hydrogen-bond acceptors (Lipinski definition) is 3. The quantitative estimate of drug-likeness (QED) is 0.927. The van der Waals surface area contributed by atoms with Crippen LogP contribution in [0.3, 0.4) is 0 Å². The van der Waals surface area contributed by atoms with Gasteiger partial charge in [-0.1, -0.05) is 6.07 Å². The average Bonchev–Trinajstić information content (AvgIpc) is 2.53. The molecule has 0 unspecified atom stereocenters. The fraction of sp³-hybridized carbons (Fsp3) is 0.235. The fourth-order valence-corrected chi connectivity index (χ4v) is 3.93. The predicted octanol–water partition coefficient (Wildman–Crippen LogP) is 2.93. The van der Waals surface area contributed by atoms with Crippen molar-refractivity contribution in [2.24, 2.45) is 0 Å². The Morgan fingerprint density at radius 3 is 2.71 bits per heavy atom. The van der Waals surface area contributed by atoms with Gasteiger partial charge in [-0.3, -0.25) is 9.52 Å². The van der Waals surface area contributed by atoms with Crippen molar-refractivity contribution in [3.8, 4) is 0 Å². The van der Waals surface area contributed by atoms with Crippen LogP contribution in [0.2, 0.25) is 0 Å². The number of hydrogen-bond donors (Lipinski definition) is 1. The zero-order chi connectivity index (χ0) is 17.3. The van der Waals surface area contributed by atoms with Crippen LogP contribution in [0.15, 0.2) is 47.4 Å². The molecule has 1 aliphatic heterocycles. The molecule has 2 aromatic carbocycles. The monoisotopic (exact) mass is 348 g/mol. The Hall–Kier alpha value is -2.41. The van der Waals surface area contributed by atoms with Gasteiger partial charge in [0.15, 0.2) is 0 Å². The van der Waals surface area contributed by atoms with E-state index in [1.54, 1.807) is 17.0 Å². The van der Waals surface area contributed by atoms with Crippen LogP contribution in [0.25, 0.3) is 0 Å². The van der Waals surface area contributed by atoms with Crippen LogP contribution in [-0.4, -0.2) is 20.9 Å². The molecule has 0 fully saturated rings. The zero-order valence-electron chi connectivity index (χ0n) is 13.1. The third-order valence-corrected chi connectivity index (χ3v) is 5.32. The van der Waals surface area contributed by atoms with E-state index in [0.29, 0.717) is 13.0 Å². The molecule has 3 rings (SSSR count). The van der Waals surface area contributed by atoms with E-state index in [2.05, 4.69) is 4.72 Å². The van der Waals surface area contributed by atoms with Crippen molar-refractivity contribution in [1.29, 1.82) is 0 Å². The number of amides is 1. The van der Waals surface area contributed by atoms with E-state index in [4.69, 9.17) is 0 Å². The Bertz CT molecular complexity index is 896. The molecule has 0 saturated heterocycles. The van der Waals surface area contributed by atoms with Gasteiger partial charge < -0.3 is 4.90 Å². The summed E-state index contributed by atoms with van der Waals surface area (Å²) in [6.45, 7) is 2.13. The number of carbonyl (C=O) groups excluding carboxylic acids is 1. The molecule has 0 radical (unpaired) electrons. The molecule has 0 bridgehead atoms. The summed E-state index contributed by atoms with van der Waals surface area (Å²) in [4.78, 5) is 13.4. The zero-order valence-corrected chi connectivity index (χ0v) is 13.9. The van der Waals surface area contributed by atoms with E-state index < -0.39 is 15.8 Å². The van der Waals surface area contributed by atoms with Crippen LogP contribution in [0, 0.1) is 5.82 Å². The number of nitrogens with zero attached hydrogens (tertiary/aromatic N) is 1. The van der Waals surface area contributed by atoms with Crippen molar-refractivity contribution in [2.45, 2.75) is 24.7 Å². The van der Waals surface area contributed by atoms with Crippen molar-refractivity contribution in [3.63, 3.8) is 0 Å². The van der Waals surface area contributed by atoms with Crippen LogP contribution < -0.4 is 9.62 Å². The lowest BCUT2D eigenvalue weighted by molar-refractivity contribution is -0.116. The topological polar surface area (TPSA) is 66.5 Å². The summed E-state index contributed by atoms with van der Waals surface area (Å²) in [5, 5.41) is 0. The number of benzene rings is 2. The molecule has 0 saturated carbocycles. The van der Waals surface area contributed by atoms with E-state index in [0.717, 1.165) is 23.7 Å². The highest BCUT2D eigenvalue weighted by Gasteiger charge is 2.23. The maximum atomic E-state index is 13.2. The van der Waals surface area contributed by atoms with E-state index >= 15 is 0 Å². The van der Waals surface area contributed by atoms with Gasteiger partial charge >= 0.3 is 0 Å². The van der Waals surface area contributed by atoms with E-state index in [1.807, 2.05) is 0 Å². The highest BCUT2D eigenvalue weighted by atomic mass is 32.2. The number of carbonyl (C=O) groups is 1. The largest absolute Gasteiger partial charge is 0.312 e. The Labute approximate surface area is 140 Å². The summed E-state index contributed by atoms with van der Waals surface area (Å²) in [5.74, 6) is -0.581. The molecule has 24 heavy (non-hydrogen) atoms. The van der Waals surface area contributed by atoms with Crippen LogP contribution in [0.5, 0.6) is 0 Å². The molecule has 0 spiro atoms. The summed E-state index contributed by atoms with van der Waals surface area (Å²) < 4.78 is 40.6. The molecule has 1 N–H and O–H groups in total. The maximum absolute atomic E-state index is 13.2. The van der Waals surface area contributed by atoms with Crippen molar-refractivity contribution < 1.29 is 17.6 Å². The number of anilines is 2. The molecule has 0 aliphatic carbocycles. The Morgan fingerprint density at radius 2 is 2.00 bits per heavy atom. The van der Waals surface area contributed by atoms with Gasteiger partial charge in [0.2, 0.25) is 5.91 Å². The minimum absolute atomic E-state index is 0.0653. The first-order valence-electron chi connectivity index (χ1n) is 7.56. The lowest BCUT2D eigenvalue weighted by atomic mass is 10.0. The van der Waals surface area contributed by atoms with Crippen LogP contribution in [0.1, 0.15) is 18.9 Å². The summed E-state index contributed by atoms with van der Waals surface area (Å²) in [7, 11) is -3.82. The van der Waals surface area contributed by atoms with Gasteiger partial charge in [-0.05, 0) is 54.8 Å². The maximum Gasteiger partial charge on any atom is 0.261 e. The number of fused-ring (bicyclic) bond motifs is 1. The highest BCUT2D eigenvalue weighted by Crippen LogP contribution is 2.30. The van der Waals surface area contributed by atoms with Gasteiger partial charge in [0.05, 0.1) is 10.6 Å². The first-order valence-corrected chi connectivity index (χ1v) is 9.04. The van der Waals surface area contributed by atoms with Gasteiger partial charge in [0.1, 0.15) is 5.82 Å². The van der Waals surface area contributed by atoms with Gasteiger partial charge in [-0.2, -0.15) is 0 Å². The fourth-order valence-electron chi connectivity index (χ4n) is 2.83. The van der Waals surface area contributed by atoms with E-state index in [-0.39, 0.29) is 16.5 Å². The summed E-state index contributed by atoms with van der Waals surface area (Å²) in [6.07, 6.45) is 1.50. The Kier molecular flexibility index (Phi) is 4.28. The first kappa shape index (κ1) is 16.4. The smallest absolute Gasteiger partial charge is 0.261 e. The lowest BCUT2D eigenvalue weighted by Crippen LogP contribution is -2.33. The number of aryl methyl sites for hydroxylation is 1. The number of sulfonamides is 1. The summed E-state index contributed by atoms with van der Waals surface area (Å²) >= 11 is 0. The second-order valence-electron chi connectivity index (χ2n) is 5.68. The third kappa shape index (κ3) is 3.26. The molecular formula is C17H17FN2O3S. The van der Waals surface area contributed by atoms with E-state index in [1.165, 1.54) is 31.2 Å². The minimum Gasteiger partial charge on any atom is -0.312 e. The van der Waals surface area contributed by atoms with Crippen molar-refractivity contribution >= 4 is 27.3 Å². The van der Waals surface area contributed by atoms with Gasteiger partial charge in [-0.15, -0.1) is 0 Å². The molecule has 1 amide bonds. The predicted molar refractivity (Wildman–Crippen MR) is 90.0 cm³/mol. The molecule has 1 heterocycles. The first-order chi connectivity index (χ1) is 11.4. The SMILES string of the molecule is CC(=O)N1CCCc2cc(S(=O)(=O)Nc3cccc(F)c3)ccc21. The Balaban J connectivity index is 1.93. The summed E-state index contributed by atoms with van der Waals surface area (Å²) in [5.41, 5.74) is 1.73. The van der Waals surface area contributed by atoms with Crippen LogP contribution >= 0.6 is 0 Å². The number of rotatable bonds is 3. The molecule has 1 aliphatic rings. The van der Waals surface area contributed by atoms with E-state index in [9.17, 15) is 17.6 Å². The van der Waals surface area contributed by atoms with Crippen molar-refractivity contribution in [2.75, 3.05) is 16.2 Å². The average molecular weight is 348 g/mol. The minimum atomic E-state index is -3.82. The van der Waals surface area contributed by atoms with Gasteiger partial charge in [0.25, 0.3) is 10.0 Å². The molecule has 0 aromatic heterocycles.